The monoisotopic (exact) mass is 294 g/mol. The van der Waals surface area contributed by atoms with Gasteiger partial charge in [0.05, 0.1) is 10.8 Å². The summed E-state index contributed by atoms with van der Waals surface area (Å²) in [4.78, 5) is 0.701. The predicted octanol–water partition coefficient (Wildman–Crippen LogP) is 4.26. The van der Waals surface area contributed by atoms with Crippen LogP contribution >= 0.6 is 0 Å². The molecule has 0 amide bonds. The molecule has 106 valence electrons. The first-order chi connectivity index (χ1) is 9.56. The topological polar surface area (TPSA) is 17.1 Å². The fourth-order valence-electron chi connectivity index (χ4n) is 2.00. The van der Waals surface area contributed by atoms with Crippen LogP contribution < -0.4 is 0 Å². The molecule has 20 heavy (non-hydrogen) atoms. The van der Waals surface area contributed by atoms with E-state index in [0.29, 0.717) is 33.8 Å². The highest BCUT2D eigenvalue weighted by atomic mass is 32.2. The lowest BCUT2D eigenvalue weighted by Gasteiger charge is -2.07. The SMILES string of the molecule is CCc1ccc(S(=O)c2ccc(CC)c(F)c2)cc1F. The van der Waals surface area contributed by atoms with Gasteiger partial charge >= 0.3 is 0 Å². The van der Waals surface area contributed by atoms with Crippen molar-refractivity contribution in [3.63, 3.8) is 0 Å². The quantitative estimate of drug-likeness (QED) is 0.823. The van der Waals surface area contributed by atoms with Crippen molar-refractivity contribution in [1.82, 2.24) is 0 Å². The van der Waals surface area contributed by atoms with Crippen molar-refractivity contribution in [2.45, 2.75) is 36.5 Å². The molecule has 0 aliphatic heterocycles. The summed E-state index contributed by atoms with van der Waals surface area (Å²) in [6.45, 7) is 3.71. The second-order valence-corrected chi connectivity index (χ2v) is 5.96. The molecular weight excluding hydrogens is 278 g/mol. The van der Waals surface area contributed by atoms with E-state index < -0.39 is 10.8 Å². The van der Waals surface area contributed by atoms with Crippen LogP contribution in [0.5, 0.6) is 0 Å². The molecule has 4 heteroatoms. The van der Waals surface area contributed by atoms with Gasteiger partial charge in [0.2, 0.25) is 0 Å². The Kier molecular flexibility index (Phi) is 4.65. The summed E-state index contributed by atoms with van der Waals surface area (Å²) in [6, 6.07) is 9.03. The van der Waals surface area contributed by atoms with E-state index in [0.717, 1.165) is 0 Å². The minimum atomic E-state index is -1.57. The third kappa shape index (κ3) is 2.96. The second kappa shape index (κ2) is 6.27. The van der Waals surface area contributed by atoms with Crippen molar-refractivity contribution >= 4 is 10.8 Å². The van der Waals surface area contributed by atoms with E-state index in [1.54, 1.807) is 24.3 Å². The number of hydrogen-bond acceptors (Lipinski definition) is 1. The standard InChI is InChI=1S/C16H16F2OS/c1-3-11-5-7-13(9-15(11)17)20(19)14-8-6-12(4-2)16(18)10-14/h5-10H,3-4H2,1-2H3. The highest BCUT2D eigenvalue weighted by Gasteiger charge is 2.12. The van der Waals surface area contributed by atoms with Crippen LogP contribution in [0.2, 0.25) is 0 Å². The van der Waals surface area contributed by atoms with Gasteiger partial charge < -0.3 is 0 Å². The van der Waals surface area contributed by atoms with E-state index in [1.165, 1.54) is 12.1 Å². The first kappa shape index (κ1) is 14.9. The zero-order chi connectivity index (χ0) is 14.7. The first-order valence-electron chi connectivity index (χ1n) is 6.55. The summed E-state index contributed by atoms with van der Waals surface area (Å²) < 4.78 is 39.8. The smallest absolute Gasteiger partial charge is 0.127 e. The third-order valence-electron chi connectivity index (χ3n) is 3.24. The third-order valence-corrected chi connectivity index (χ3v) is 4.60. The Hall–Kier alpha value is -1.55. The number of halogens is 2. The Morgan fingerprint density at radius 2 is 1.25 bits per heavy atom. The van der Waals surface area contributed by atoms with Gasteiger partial charge in [-0.25, -0.2) is 13.0 Å². The van der Waals surface area contributed by atoms with Crippen LogP contribution in [0.4, 0.5) is 8.78 Å². The Morgan fingerprint density at radius 3 is 1.55 bits per heavy atom. The lowest BCUT2D eigenvalue weighted by atomic mass is 10.1. The Morgan fingerprint density at radius 1 is 0.850 bits per heavy atom. The predicted molar refractivity (Wildman–Crippen MR) is 76.2 cm³/mol. The maximum absolute atomic E-state index is 13.7. The summed E-state index contributed by atoms with van der Waals surface area (Å²) in [6.07, 6.45) is 1.16. The van der Waals surface area contributed by atoms with Crippen molar-refractivity contribution in [3.05, 3.63) is 59.2 Å². The van der Waals surface area contributed by atoms with Crippen LogP contribution in [0.3, 0.4) is 0 Å². The Bertz CT molecular complexity index is 597. The lowest BCUT2D eigenvalue weighted by Crippen LogP contribution is -1.98. The zero-order valence-corrected chi connectivity index (χ0v) is 12.3. The van der Waals surface area contributed by atoms with Crippen LogP contribution in [-0.2, 0) is 23.6 Å². The van der Waals surface area contributed by atoms with Crippen LogP contribution in [0, 0.1) is 11.6 Å². The Balaban J connectivity index is 2.36. The van der Waals surface area contributed by atoms with Crippen molar-refractivity contribution in [2.75, 3.05) is 0 Å². The zero-order valence-electron chi connectivity index (χ0n) is 11.5. The number of hydrogen-bond donors (Lipinski definition) is 0. The molecule has 1 nitrogen and oxygen atoms in total. The molecule has 2 rings (SSSR count). The van der Waals surface area contributed by atoms with Crippen molar-refractivity contribution in [1.29, 1.82) is 0 Å². The van der Waals surface area contributed by atoms with Crippen LogP contribution in [0.1, 0.15) is 25.0 Å². The highest BCUT2D eigenvalue weighted by Crippen LogP contribution is 2.21. The molecule has 0 aliphatic carbocycles. The molecule has 0 unspecified atom stereocenters. The summed E-state index contributed by atoms with van der Waals surface area (Å²) in [5, 5.41) is 0. The lowest BCUT2D eigenvalue weighted by molar-refractivity contribution is 0.605. The maximum Gasteiger partial charge on any atom is 0.127 e. The average molecular weight is 294 g/mol. The highest BCUT2D eigenvalue weighted by molar-refractivity contribution is 7.85. The molecule has 0 heterocycles. The second-order valence-electron chi connectivity index (χ2n) is 4.48. The normalized spacial score (nSPS) is 11.1. The molecule has 0 N–H and O–H groups in total. The fraction of sp³-hybridized carbons (Fsp3) is 0.250. The van der Waals surface area contributed by atoms with Gasteiger partial charge in [-0.3, -0.25) is 0 Å². The number of benzene rings is 2. The van der Waals surface area contributed by atoms with Gasteiger partial charge in [0.1, 0.15) is 11.6 Å². The summed E-state index contributed by atoms with van der Waals surface area (Å²) in [7, 11) is -1.57. The number of rotatable bonds is 4. The van der Waals surface area contributed by atoms with Gasteiger partial charge in [0.15, 0.2) is 0 Å². The van der Waals surface area contributed by atoms with Crippen molar-refractivity contribution in [3.8, 4) is 0 Å². The molecule has 0 aromatic heterocycles. The molecule has 2 aromatic carbocycles. The van der Waals surface area contributed by atoms with Gasteiger partial charge in [-0.1, -0.05) is 26.0 Å². The van der Waals surface area contributed by atoms with Crippen molar-refractivity contribution in [2.24, 2.45) is 0 Å². The summed E-state index contributed by atoms with van der Waals surface area (Å²) in [5.74, 6) is -0.743. The molecule has 0 aliphatic rings. The van der Waals surface area contributed by atoms with E-state index in [1.807, 2.05) is 13.8 Å². The van der Waals surface area contributed by atoms with Gasteiger partial charge in [0.25, 0.3) is 0 Å². The van der Waals surface area contributed by atoms with Crippen molar-refractivity contribution < 1.29 is 13.0 Å². The average Bonchev–Trinajstić information content (AvgIpc) is 2.46. The minimum absolute atomic E-state index is 0.350. The van der Waals surface area contributed by atoms with Gasteiger partial charge in [-0.05, 0) is 48.2 Å². The van der Waals surface area contributed by atoms with Crippen LogP contribution in [-0.4, -0.2) is 4.21 Å². The molecule has 0 spiro atoms. The van der Waals surface area contributed by atoms with Crippen LogP contribution in [0.15, 0.2) is 46.2 Å². The largest absolute Gasteiger partial charge is 0.249 e. The molecule has 0 radical (unpaired) electrons. The summed E-state index contributed by atoms with van der Waals surface area (Å²) >= 11 is 0. The molecule has 2 aromatic rings. The van der Waals surface area contributed by atoms with Gasteiger partial charge in [-0.2, -0.15) is 0 Å². The first-order valence-corrected chi connectivity index (χ1v) is 7.70. The molecular formula is C16H16F2OS. The minimum Gasteiger partial charge on any atom is -0.249 e. The van der Waals surface area contributed by atoms with E-state index in [2.05, 4.69) is 0 Å². The van der Waals surface area contributed by atoms with Crippen LogP contribution in [0.25, 0.3) is 0 Å². The Labute approximate surface area is 120 Å². The van der Waals surface area contributed by atoms with Gasteiger partial charge in [0, 0.05) is 9.79 Å². The van der Waals surface area contributed by atoms with E-state index in [-0.39, 0.29) is 11.6 Å². The molecule has 0 fully saturated rings. The summed E-state index contributed by atoms with van der Waals surface area (Å²) in [5.41, 5.74) is 1.16. The van der Waals surface area contributed by atoms with Gasteiger partial charge in [-0.15, -0.1) is 0 Å². The molecule has 0 atom stereocenters. The van der Waals surface area contributed by atoms with E-state index in [4.69, 9.17) is 0 Å². The molecule has 0 bridgehead atoms. The molecule has 0 saturated heterocycles. The van der Waals surface area contributed by atoms with E-state index >= 15 is 0 Å². The maximum atomic E-state index is 13.7. The van der Waals surface area contributed by atoms with E-state index in [9.17, 15) is 13.0 Å². The fourth-order valence-corrected chi connectivity index (χ4v) is 3.07. The number of aryl methyl sites for hydroxylation is 2. The molecule has 0 saturated carbocycles.